The van der Waals surface area contributed by atoms with Gasteiger partial charge in [-0.15, -0.1) is 0 Å². The number of nitrogens with zero attached hydrogens (tertiary/aromatic N) is 2. The van der Waals surface area contributed by atoms with Gasteiger partial charge in [-0.1, -0.05) is 28.1 Å². The fourth-order valence-electron chi connectivity index (χ4n) is 1.93. The van der Waals surface area contributed by atoms with Crippen LogP contribution in [0.5, 0.6) is 0 Å². The normalized spacial score (nSPS) is 10.2. The molecule has 0 spiro atoms. The van der Waals surface area contributed by atoms with Gasteiger partial charge in [0.25, 0.3) is 11.4 Å². The van der Waals surface area contributed by atoms with Crippen molar-refractivity contribution in [2.24, 2.45) is 0 Å². The lowest BCUT2D eigenvalue weighted by atomic mass is 10.1. The van der Waals surface area contributed by atoms with E-state index in [-0.39, 0.29) is 11.4 Å². The van der Waals surface area contributed by atoms with E-state index in [0.29, 0.717) is 23.1 Å². The van der Waals surface area contributed by atoms with Gasteiger partial charge in [-0.25, -0.2) is 0 Å². The van der Waals surface area contributed by atoms with E-state index in [1.165, 1.54) is 18.2 Å². The van der Waals surface area contributed by atoms with Gasteiger partial charge >= 0.3 is 0 Å². The molecule has 0 heterocycles. The Morgan fingerprint density at radius 3 is 2.27 bits per heavy atom. The van der Waals surface area contributed by atoms with Crippen molar-refractivity contribution in [2.75, 3.05) is 11.9 Å². The summed E-state index contributed by atoms with van der Waals surface area (Å²) in [7, 11) is 0. The number of halogens is 1. The minimum absolute atomic E-state index is 0.00178. The van der Waals surface area contributed by atoms with Crippen molar-refractivity contribution in [3.05, 3.63) is 72.7 Å². The van der Waals surface area contributed by atoms with Crippen LogP contribution in [0.3, 0.4) is 0 Å². The zero-order valence-corrected chi connectivity index (χ0v) is 12.9. The summed E-state index contributed by atoms with van der Waals surface area (Å²) in [5.74, 6) is 0. The number of nitro benzene ring substituents is 2. The van der Waals surface area contributed by atoms with Crippen molar-refractivity contribution in [2.45, 2.75) is 6.42 Å². The molecule has 114 valence electrons. The second-order valence-corrected chi connectivity index (χ2v) is 5.43. The van der Waals surface area contributed by atoms with Crippen LogP contribution < -0.4 is 5.32 Å². The van der Waals surface area contributed by atoms with Crippen molar-refractivity contribution in [3.8, 4) is 0 Å². The Bertz CT molecular complexity index is 704. The summed E-state index contributed by atoms with van der Waals surface area (Å²) in [5, 5.41) is 24.6. The number of nitro groups is 2. The number of hydrogen-bond acceptors (Lipinski definition) is 5. The summed E-state index contributed by atoms with van der Waals surface area (Å²) in [5.41, 5.74) is 1.39. The lowest BCUT2D eigenvalue weighted by Crippen LogP contribution is -2.07. The van der Waals surface area contributed by atoms with Gasteiger partial charge in [0.15, 0.2) is 0 Å². The van der Waals surface area contributed by atoms with Crippen molar-refractivity contribution in [3.63, 3.8) is 0 Å². The summed E-state index contributed by atoms with van der Waals surface area (Å²) in [4.78, 5) is 20.7. The summed E-state index contributed by atoms with van der Waals surface area (Å²) in [6, 6.07) is 11.0. The minimum Gasteiger partial charge on any atom is -0.379 e. The summed E-state index contributed by atoms with van der Waals surface area (Å²) < 4.78 is 0.639. The Morgan fingerprint density at radius 2 is 1.68 bits per heavy atom. The summed E-state index contributed by atoms with van der Waals surface area (Å²) in [6.45, 7) is 0.486. The molecule has 0 aliphatic carbocycles. The molecule has 0 fully saturated rings. The highest BCUT2D eigenvalue weighted by molar-refractivity contribution is 9.10. The molecule has 2 aromatic carbocycles. The smallest absolute Gasteiger partial charge is 0.293 e. The first-order valence-electron chi connectivity index (χ1n) is 6.38. The number of benzene rings is 2. The first kappa shape index (κ1) is 15.9. The molecule has 0 aliphatic heterocycles. The predicted molar refractivity (Wildman–Crippen MR) is 86.1 cm³/mol. The molecule has 0 unspecified atom stereocenters. The van der Waals surface area contributed by atoms with Crippen LogP contribution in [0.4, 0.5) is 17.1 Å². The van der Waals surface area contributed by atoms with E-state index >= 15 is 0 Å². The van der Waals surface area contributed by atoms with Crippen molar-refractivity contribution in [1.29, 1.82) is 0 Å². The van der Waals surface area contributed by atoms with Gasteiger partial charge in [-0.2, -0.15) is 0 Å². The Morgan fingerprint density at radius 1 is 1.00 bits per heavy atom. The van der Waals surface area contributed by atoms with Crippen molar-refractivity contribution in [1.82, 2.24) is 0 Å². The first-order chi connectivity index (χ1) is 10.5. The fraction of sp³-hybridized carbons (Fsp3) is 0.143. The Balaban J connectivity index is 1.99. The highest BCUT2D eigenvalue weighted by Crippen LogP contribution is 2.27. The Labute approximate surface area is 134 Å². The molecule has 2 rings (SSSR count). The molecule has 0 bridgehead atoms. The maximum Gasteiger partial charge on any atom is 0.293 e. The number of rotatable bonds is 6. The molecule has 0 atom stereocenters. The third kappa shape index (κ3) is 4.01. The lowest BCUT2D eigenvalue weighted by molar-refractivity contribution is -0.384. The molecule has 0 saturated heterocycles. The van der Waals surface area contributed by atoms with Gasteiger partial charge in [-0.05, 0) is 24.1 Å². The quantitative estimate of drug-likeness (QED) is 0.617. The van der Waals surface area contributed by atoms with Crippen LogP contribution >= 0.6 is 15.9 Å². The van der Waals surface area contributed by atoms with Gasteiger partial charge in [0.1, 0.15) is 5.69 Å². The fourth-order valence-corrected chi connectivity index (χ4v) is 2.28. The topological polar surface area (TPSA) is 98.3 Å². The van der Waals surface area contributed by atoms with E-state index in [9.17, 15) is 20.2 Å². The van der Waals surface area contributed by atoms with E-state index in [1.54, 1.807) is 24.3 Å². The zero-order valence-electron chi connectivity index (χ0n) is 11.4. The number of hydrogen-bond donors (Lipinski definition) is 1. The second-order valence-electron chi connectivity index (χ2n) is 4.52. The largest absolute Gasteiger partial charge is 0.379 e. The van der Waals surface area contributed by atoms with Crippen molar-refractivity contribution < 1.29 is 9.85 Å². The molecule has 1 N–H and O–H groups in total. The van der Waals surface area contributed by atoms with E-state index in [4.69, 9.17) is 0 Å². The standard InChI is InChI=1S/C14H12BrN3O4/c15-11-3-6-13(14(9-11)18(21)22)16-8-7-10-1-4-12(5-2-10)17(19)20/h1-6,9,16H,7-8H2. The van der Waals surface area contributed by atoms with Gasteiger partial charge < -0.3 is 5.32 Å². The molecule has 22 heavy (non-hydrogen) atoms. The van der Waals surface area contributed by atoms with Crippen molar-refractivity contribution >= 4 is 33.0 Å². The SMILES string of the molecule is O=[N+]([O-])c1ccc(CCNc2ccc(Br)cc2[N+](=O)[O-])cc1. The molecule has 7 nitrogen and oxygen atoms in total. The van der Waals surface area contributed by atoms with Gasteiger partial charge in [0, 0.05) is 29.2 Å². The maximum absolute atomic E-state index is 11.0. The molecular weight excluding hydrogens is 354 g/mol. The molecule has 8 heteroatoms. The van der Waals surface area contributed by atoms with Gasteiger partial charge in [-0.3, -0.25) is 20.2 Å². The molecule has 0 radical (unpaired) electrons. The molecule has 0 aliphatic rings. The van der Waals surface area contributed by atoms with E-state index in [2.05, 4.69) is 21.2 Å². The third-order valence-electron chi connectivity index (χ3n) is 3.03. The van der Waals surface area contributed by atoms with Gasteiger partial charge in [0.05, 0.1) is 9.85 Å². The number of nitrogens with one attached hydrogen (secondary N) is 1. The predicted octanol–water partition coefficient (Wildman–Crippen LogP) is 3.92. The highest BCUT2D eigenvalue weighted by Gasteiger charge is 2.13. The molecule has 0 aromatic heterocycles. The van der Waals surface area contributed by atoms with Crippen LogP contribution in [0.25, 0.3) is 0 Å². The Hall–Kier alpha value is -2.48. The third-order valence-corrected chi connectivity index (χ3v) is 3.53. The first-order valence-corrected chi connectivity index (χ1v) is 7.18. The van der Waals surface area contributed by atoms with Crippen LogP contribution in [0.1, 0.15) is 5.56 Å². The average molecular weight is 366 g/mol. The van der Waals surface area contributed by atoms with Crippen LogP contribution in [-0.2, 0) is 6.42 Å². The van der Waals surface area contributed by atoms with Crippen LogP contribution in [0.2, 0.25) is 0 Å². The Kier molecular flexibility index (Phi) is 5.05. The molecule has 0 amide bonds. The molecular formula is C14H12BrN3O4. The average Bonchev–Trinajstić information content (AvgIpc) is 2.49. The molecule has 0 saturated carbocycles. The lowest BCUT2D eigenvalue weighted by Gasteiger charge is -2.07. The van der Waals surface area contributed by atoms with Crippen LogP contribution in [0, 0.1) is 20.2 Å². The minimum atomic E-state index is -0.451. The monoisotopic (exact) mass is 365 g/mol. The maximum atomic E-state index is 11.0. The van der Waals surface area contributed by atoms with E-state index in [0.717, 1.165) is 5.56 Å². The summed E-state index contributed by atoms with van der Waals surface area (Å²) in [6.07, 6.45) is 0.602. The van der Waals surface area contributed by atoms with E-state index in [1.807, 2.05) is 0 Å². The highest BCUT2D eigenvalue weighted by atomic mass is 79.9. The number of anilines is 1. The summed E-state index contributed by atoms with van der Waals surface area (Å²) >= 11 is 3.20. The molecule has 2 aromatic rings. The van der Waals surface area contributed by atoms with Crippen LogP contribution in [-0.4, -0.2) is 16.4 Å². The number of non-ortho nitro benzene ring substituents is 1. The second kappa shape index (κ2) is 6.99. The van der Waals surface area contributed by atoms with E-state index < -0.39 is 9.85 Å². The van der Waals surface area contributed by atoms with Crippen LogP contribution in [0.15, 0.2) is 46.9 Å². The zero-order chi connectivity index (χ0) is 16.1. The van der Waals surface area contributed by atoms with Gasteiger partial charge in [0.2, 0.25) is 0 Å².